The van der Waals surface area contributed by atoms with E-state index in [1.165, 1.54) is 6.20 Å². The van der Waals surface area contributed by atoms with E-state index in [1.807, 2.05) is 50.2 Å². The summed E-state index contributed by atoms with van der Waals surface area (Å²) in [6.07, 6.45) is 2.09. The molecule has 3 heterocycles. The van der Waals surface area contributed by atoms with Crippen LogP contribution in [0.5, 0.6) is 0 Å². The second-order valence-corrected chi connectivity index (χ2v) is 12.4. The molecule has 0 aliphatic carbocycles. The third-order valence-electron chi connectivity index (χ3n) is 8.76. The van der Waals surface area contributed by atoms with Crippen molar-refractivity contribution in [3.63, 3.8) is 0 Å². The number of aryl methyl sites for hydroxylation is 1. The van der Waals surface area contributed by atoms with E-state index in [9.17, 15) is 24.3 Å². The van der Waals surface area contributed by atoms with Gasteiger partial charge in [-0.3, -0.25) is 14.5 Å². The number of ether oxygens (including phenoxy) is 1. The Kier molecular flexibility index (Phi) is 8.96. The standard InChI is InChI=1S/C33H41N5O6/c1-5-35-19-27(31(41)42)29(39)26-11-10-25(18-28(26)35)36-14-16-37(17-15-36)32(43)44-20-23-6-8-24(9-7-23)34-30(40)22(2)38-13-12-33(3,4)21-38/h6-11,18-19,22H,5,12-17,20-21H2,1-4H3,(H,34,40)(H,41,42)/t22-/m0/s1. The second kappa shape index (κ2) is 12.7. The molecule has 1 atom stereocenters. The molecule has 44 heavy (non-hydrogen) atoms. The first-order chi connectivity index (χ1) is 21.0. The lowest BCUT2D eigenvalue weighted by Gasteiger charge is -2.35. The minimum absolute atomic E-state index is 0.0308. The van der Waals surface area contributed by atoms with Gasteiger partial charge in [-0.25, -0.2) is 9.59 Å². The Bertz CT molecular complexity index is 1610. The third kappa shape index (κ3) is 6.72. The van der Waals surface area contributed by atoms with Crippen LogP contribution in [0.2, 0.25) is 0 Å². The van der Waals surface area contributed by atoms with Crippen LogP contribution in [0.15, 0.2) is 53.5 Å². The summed E-state index contributed by atoms with van der Waals surface area (Å²) in [6.45, 7) is 12.9. The summed E-state index contributed by atoms with van der Waals surface area (Å²) < 4.78 is 7.35. The number of pyridine rings is 1. The minimum Gasteiger partial charge on any atom is -0.477 e. The van der Waals surface area contributed by atoms with Crippen molar-refractivity contribution >= 4 is 40.2 Å². The van der Waals surface area contributed by atoms with Crippen LogP contribution in [0.1, 0.15) is 50.0 Å². The molecule has 3 aromatic rings. The van der Waals surface area contributed by atoms with Crippen LogP contribution in [-0.2, 0) is 22.7 Å². The molecule has 2 saturated heterocycles. The fourth-order valence-electron chi connectivity index (χ4n) is 5.95. The molecule has 11 nitrogen and oxygen atoms in total. The van der Waals surface area contributed by atoms with Gasteiger partial charge in [0.1, 0.15) is 12.2 Å². The molecule has 2 amide bonds. The van der Waals surface area contributed by atoms with Crippen LogP contribution < -0.4 is 15.6 Å². The number of fused-ring (bicyclic) bond motifs is 1. The Morgan fingerprint density at radius 3 is 2.34 bits per heavy atom. The van der Waals surface area contributed by atoms with Crippen molar-refractivity contribution in [3.05, 3.63) is 70.0 Å². The Balaban J connectivity index is 1.11. The van der Waals surface area contributed by atoms with Crippen LogP contribution in [0.25, 0.3) is 10.9 Å². The normalized spacial score (nSPS) is 17.5. The Labute approximate surface area is 257 Å². The number of carboxylic acids is 1. The Morgan fingerprint density at radius 2 is 1.73 bits per heavy atom. The lowest BCUT2D eigenvalue weighted by molar-refractivity contribution is -0.120. The molecule has 2 aromatic carbocycles. The predicted molar refractivity (Wildman–Crippen MR) is 169 cm³/mol. The lowest BCUT2D eigenvalue weighted by Crippen LogP contribution is -2.49. The molecule has 2 aliphatic heterocycles. The number of hydrogen-bond acceptors (Lipinski definition) is 7. The molecule has 11 heteroatoms. The number of carboxylic acid groups (broad SMARTS) is 1. The zero-order chi connectivity index (χ0) is 31.6. The quantitative estimate of drug-likeness (QED) is 0.392. The van der Waals surface area contributed by atoms with Crippen LogP contribution >= 0.6 is 0 Å². The van der Waals surface area contributed by atoms with Gasteiger partial charge in [-0.05, 0) is 68.1 Å². The molecule has 0 radical (unpaired) electrons. The highest BCUT2D eigenvalue weighted by Crippen LogP contribution is 2.30. The van der Waals surface area contributed by atoms with Crippen LogP contribution in [0.4, 0.5) is 16.2 Å². The molecule has 5 rings (SSSR count). The maximum absolute atomic E-state index is 12.8. The first kappa shape index (κ1) is 31.1. The number of carbonyl (C=O) groups excluding carboxylic acids is 2. The monoisotopic (exact) mass is 603 g/mol. The zero-order valence-electron chi connectivity index (χ0n) is 25.8. The highest BCUT2D eigenvalue weighted by molar-refractivity contribution is 5.95. The smallest absolute Gasteiger partial charge is 0.410 e. The number of anilines is 2. The van der Waals surface area contributed by atoms with Gasteiger partial charge < -0.3 is 29.5 Å². The SMILES string of the molecule is CCn1cc(C(=O)O)c(=O)c2ccc(N3CCN(C(=O)OCc4ccc(NC(=O)[C@H](C)N5CCC(C)(C)C5)cc4)CC3)cc21. The van der Waals surface area contributed by atoms with Crippen LogP contribution in [0, 0.1) is 5.41 Å². The molecular weight excluding hydrogens is 562 g/mol. The summed E-state index contributed by atoms with van der Waals surface area (Å²) in [6, 6.07) is 12.5. The summed E-state index contributed by atoms with van der Waals surface area (Å²) >= 11 is 0. The van der Waals surface area contributed by atoms with Crippen LogP contribution in [0.3, 0.4) is 0 Å². The molecule has 234 valence electrons. The minimum atomic E-state index is -1.24. The van der Waals surface area contributed by atoms with E-state index < -0.39 is 11.4 Å². The van der Waals surface area contributed by atoms with Gasteiger partial charge in [-0.1, -0.05) is 26.0 Å². The van der Waals surface area contributed by atoms with E-state index >= 15 is 0 Å². The summed E-state index contributed by atoms with van der Waals surface area (Å²) in [7, 11) is 0. The lowest BCUT2D eigenvalue weighted by atomic mass is 9.93. The Morgan fingerprint density at radius 1 is 1.02 bits per heavy atom. The number of benzene rings is 2. The Hall–Kier alpha value is -4.38. The number of nitrogens with zero attached hydrogens (tertiary/aromatic N) is 4. The molecule has 0 bridgehead atoms. The second-order valence-electron chi connectivity index (χ2n) is 12.4. The number of rotatable bonds is 8. The van der Waals surface area contributed by atoms with Gasteiger partial charge in [0.15, 0.2) is 0 Å². The summed E-state index contributed by atoms with van der Waals surface area (Å²) in [5.74, 6) is -1.27. The molecule has 1 aromatic heterocycles. The van der Waals surface area contributed by atoms with Gasteiger partial charge in [0, 0.05) is 62.2 Å². The average molecular weight is 604 g/mol. The molecular formula is C33H41N5O6. The fraction of sp³-hybridized carbons (Fsp3) is 0.455. The van der Waals surface area contributed by atoms with E-state index in [2.05, 4.69) is 29.0 Å². The number of hydrogen-bond donors (Lipinski definition) is 2. The highest BCUT2D eigenvalue weighted by Gasteiger charge is 2.34. The van der Waals surface area contributed by atoms with Crippen molar-refractivity contribution in [3.8, 4) is 0 Å². The third-order valence-corrected chi connectivity index (χ3v) is 8.76. The van der Waals surface area contributed by atoms with Gasteiger partial charge >= 0.3 is 12.1 Å². The van der Waals surface area contributed by atoms with E-state index in [1.54, 1.807) is 15.5 Å². The molecule has 2 aliphatic rings. The van der Waals surface area contributed by atoms with Gasteiger partial charge in [-0.15, -0.1) is 0 Å². The number of nitrogens with one attached hydrogen (secondary N) is 1. The number of aromatic nitrogens is 1. The number of piperazine rings is 1. The first-order valence-corrected chi connectivity index (χ1v) is 15.2. The molecule has 2 N–H and O–H groups in total. The van der Waals surface area contributed by atoms with E-state index in [0.717, 1.165) is 30.8 Å². The summed E-state index contributed by atoms with van der Waals surface area (Å²) in [4.78, 5) is 55.8. The van der Waals surface area contributed by atoms with E-state index in [0.29, 0.717) is 49.3 Å². The number of aromatic carboxylic acids is 1. The van der Waals surface area contributed by atoms with Crippen molar-refractivity contribution in [2.24, 2.45) is 5.41 Å². The van der Waals surface area contributed by atoms with E-state index in [4.69, 9.17) is 4.74 Å². The van der Waals surface area contributed by atoms with Crippen LogP contribution in [-0.4, -0.2) is 82.8 Å². The summed E-state index contributed by atoms with van der Waals surface area (Å²) in [5.41, 5.74) is 2.61. The van der Waals surface area contributed by atoms with E-state index in [-0.39, 0.29) is 35.6 Å². The maximum atomic E-state index is 12.8. The maximum Gasteiger partial charge on any atom is 0.410 e. The predicted octanol–water partition coefficient (Wildman–Crippen LogP) is 4.24. The van der Waals surface area contributed by atoms with Crippen molar-refractivity contribution in [2.75, 3.05) is 49.5 Å². The largest absolute Gasteiger partial charge is 0.477 e. The highest BCUT2D eigenvalue weighted by atomic mass is 16.6. The van der Waals surface area contributed by atoms with Gasteiger partial charge in [-0.2, -0.15) is 0 Å². The van der Waals surface area contributed by atoms with Crippen molar-refractivity contribution < 1.29 is 24.2 Å². The van der Waals surface area contributed by atoms with Crippen molar-refractivity contribution in [2.45, 2.75) is 53.3 Å². The molecule has 0 saturated carbocycles. The first-order valence-electron chi connectivity index (χ1n) is 15.2. The number of carbonyl (C=O) groups is 3. The van der Waals surface area contributed by atoms with Gasteiger partial charge in [0.05, 0.1) is 11.6 Å². The zero-order valence-corrected chi connectivity index (χ0v) is 25.8. The fourth-order valence-corrected chi connectivity index (χ4v) is 5.95. The van der Waals surface area contributed by atoms with Gasteiger partial charge in [0.25, 0.3) is 0 Å². The van der Waals surface area contributed by atoms with Crippen molar-refractivity contribution in [1.29, 1.82) is 0 Å². The van der Waals surface area contributed by atoms with Gasteiger partial charge in [0.2, 0.25) is 11.3 Å². The topological polar surface area (TPSA) is 124 Å². The van der Waals surface area contributed by atoms with Crippen molar-refractivity contribution in [1.82, 2.24) is 14.4 Å². The molecule has 0 unspecified atom stereocenters. The number of likely N-dealkylation sites (tertiary alicyclic amines) is 1. The average Bonchev–Trinajstić information content (AvgIpc) is 3.39. The number of amides is 2. The summed E-state index contributed by atoms with van der Waals surface area (Å²) in [5, 5.41) is 12.8. The molecule has 0 spiro atoms. The molecule has 2 fully saturated rings.